The molecule has 21 heavy (non-hydrogen) atoms. The molecule has 3 rings (SSSR count). The minimum absolute atomic E-state index is 0.143. The molecule has 1 heterocycles. The predicted molar refractivity (Wildman–Crippen MR) is 87.3 cm³/mol. The van der Waals surface area contributed by atoms with E-state index in [1.165, 1.54) is 22.3 Å². The van der Waals surface area contributed by atoms with E-state index in [9.17, 15) is 0 Å². The van der Waals surface area contributed by atoms with E-state index in [0.29, 0.717) is 0 Å². The number of fused-ring (bicyclic) bond motifs is 1. The molecule has 1 aliphatic rings. The van der Waals surface area contributed by atoms with Gasteiger partial charge < -0.3 is 10.1 Å². The van der Waals surface area contributed by atoms with Crippen molar-refractivity contribution in [2.75, 3.05) is 7.05 Å². The Labute approximate surface area is 131 Å². The number of ether oxygens (including phenoxy) is 1. The molecule has 2 aromatic carbocycles. The van der Waals surface area contributed by atoms with Gasteiger partial charge in [-0.1, -0.05) is 29.8 Å². The Morgan fingerprint density at radius 1 is 1.24 bits per heavy atom. The van der Waals surface area contributed by atoms with Gasteiger partial charge in [0.1, 0.15) is 11.9 Å². The van der Waals surface area contributed by atoms with Crippen molar-refractivity contribution in [1.82, 2.24) is 5.32 Å². The van der Waals surface area contributed by atoms with Crippen molar-refractivity contribution in [2.45, 2.75) is 32.4 Å². The van der Waals surface area contributed by atoms with Gasteiger partial charge in [0.2, 0.25) is 0 Å². The van der Waals surface area contributed by atoms with Crippen molar-refractivity contribution in [3.05, 3.63) is 63.7 Å². The number of halogens is 1. The van der Waals surface area contributed by atoms with Crippen LogP contribution in [0.15, 0.2) is 36.4 Å². The highest BCUT2D eigenvalue weighted by atomic mass is 35.5. The van der Waals surface area contributed by atoms with Crippen molar-refractivity contribution in [2.24, 2.45) is 0 Å². The van der Waals surface area contributed by atoms with Crippen molar-refractivity contribution in [1.29, 1.82) is 0 Å². The minimum Gasteiger partial charge on any atom is -0.490 e. The molecule has 1 N–H and O–H groups in total. The summed E-state index contributed by atoms with van der Waals surface area (Å²) in [6.45, 7) is 4.23. The molecule has 0 saturated heterocycles. The average Bonchev–Trinajstić information content (AvgIpc) is 2.83. The van der Waals surface area contributed by atoms with Crippen LogP contribution in [0.3, 0.4) is 0 Å². The lowest BCUT2D eigenvalue weighted by Gasteiger charge is -2.20. The Kier molecular flexibility index (Phi) is 3.92. The summed E-state index contributed by atoms with van der Waals surface area (Å²) in [6, 6.07) is 12.7. The van der Waals surface area contributed by atoms with Gasteiger partial charge in [-0.05, 0) is 61.3 Å². The summed E-state index contributed by atoms with van der Waals surface area (Å²) in [4.78, 5) is 0. The van der Waals surface area contributed by atoms with Crippen molar-refractivity contribution in [3.63, 3.8) is 0 Å². The molecule has 0 aliphatic carbocycles. The van der Waals surface area contributed by atoms with Gasteiger partial charge in [-0.25, -0.2) is 0 Å². The Balaban J connectivity index is 2.01. The molecule has 110 valence electrons. The predicted octanol–water partition coefficient (Wildman–Crippen LogP) is 4.28. The van der Waals surface area contributed by atoms with E-state index in [4.69, 9.17) is 16.3 Å². The van der Waals surface area contributed by atoms with Gasteiger partial charge in [0.05, 0.1) is 6.04 Å². The van der Waals surface area contributed by atoms with Gasteiger partial charge in [0.15, 0.2) is 0 Å². The molecule has 0 radical (unpaired) electrons. The first-order valence-electron chi connectivity index (χ1n) is 7.31. The highest BCUT2D eigenvalue weighted by molar-refractivity contribution is 6.30. The van der Waals surface area contributed by atoms with Crippen LogP contribution in [0.25, 0.3) is 0 Å². The normalized spacial score (nSPS) is 18.2. The van der Waals surface area contributed by atoms with Gasteiger partial charge in [0, 0.05) is 11.4 Å². The lowest BCUT2D eigenvalue weighted by Crippen LogP contribution is -2.18. The zero-order valence-electron chi connectivity index (χ0n) is 12.6. The van der Waals surface area contributed by atoms with Crippen LogP contribution >= 0.6 is 11.6 Å². The molecule has 2 unspecified atom stereocenters. The van der Waals surface area contributed by atoms with E-state index in [0.717, 1.165) is 17.2 Å². The third kappa shape index (κ3) is 2.78. The van der Waals surface area contributed by atoms with E-state index in [1.54, 1.807) is 0 Å². The quantitative estimate of drug-likeness (QED) is 0.913. The van der Waals surface area contributed by atoms with Gasteiger partial charge in [-0.3, -0.25) is 0 Å². The summed E-state index contributed by atoms with van der Waals surface area (Å²) >= 11 is 6.17. The van der Waals surface area contributed by atoms with Crippen LogP contribution in [-0.4, -0.2) is 13.2 Å². The second kappa shape index (κ2) is 5.70. The van der Waals surface area contributed by atoms with E-state index in [-0.39, 0.29) is 12.1 Å². The molecule has 0 bridgehead atoms. The average molecular weight is 302 g/mol. The largest absolute Gasteiger partial charge is 0.490 e. The number of rotatable bonds is 3. The lowest BCUT2D eigenvalue weighted by atomic mass is 9.93. The second-order valence-corrected chi connectivity index (χ2v) is 6.16. The Morgan fingerprint density at radius 3 is 2.81 bits per heavy atom. The molecule has 0 aromatic heterocycles. The van der Waals surface area contributed by atoms with Crippen molar-refractivity contribution >= 4 is 11.6 Å². The number of aryl methyl sites for hydroxylation is 1. The lowest BCUT2D eigenvalue weighted by molar-refractivity contribution is 0.254. The van der Waals surface area contributed by atoms with Gasteiger partial charge in [-0.2, -0.15) is 0 Å². The molecule has 3 heteroatoms. The van der Waals surface area contributed by atoms with Crippen LogP contribution < -0.4 is 10.1 Å². The molecule has 0 fully saturated rings. The fourth-order valence-electron chi connectivity index (χ4n) is 3.05. The van der Waals surface area contributed by atoms with Crippen LogP contribution in [0.2, 0.25) is 5.02 Å². The fourth-order valence-corrected chi connectivity index (χ4v) is 3.23. The molecular formula is C18H20ClNO. The van der Waals surface area contributed by atoms with Crippen LogP contribution in [0.4, 0.5) is 0 Å². The van der Waals surface area contributed by atoms with E-state index in [1.807, 2.05) is 19.2 Å². The Morgan fingerprint density at radius 2 is 2.05 bits per heavy atom. The topological polar surface area (TPSA) is 21.3 Å². The molecule has 1 aliphatic heterocycles. The molecular weight excluding hydrogens is 282 g/mol. The summed E-state index contributed by atoms with van der Waals surface area (Å²) in [5.74, 6) is 1.02. The fraction of sp³-hybridized carbons (Fsp3) is 0.333. The van der Waals surface area contributed by atoms with E-state index >= 15 is 0 Å². The standard InChI is InChI=1S/C18H20ClNO/c1-11-4-6-15(19)10-16(11)18(20-3)13-5-7-17-14(9-13)8-12(2)21-17/h4-7,9-10,12,18,20H,8H2,1-3H3. The monoisotopic (exact) mass is 301 g/mol. The van der Waals surface area contributed by atoms with Crippen LogP contribution in [0, 0.1) is 6.92 Å². The molecule has 2 aromatic rings. The number of hydrogen-bond donors (Lipinski definition) is 1. The van der Waals surface area contributed by atoms with E-state index < -0.39 is 0 Å². The number of benzene rings is 2. The summed E-state index contributed by atoms with van der Waals surface area (Å²) in [6.07, 6.45) is 1.25. The maximum absolute atomic E-state index is 6.17. The smallest absolute Gasteiger partial charge is 0.123 e. The highest BCUT2D eigenvalue weighted by Gasteiger charge is 2.22. The third-order valence-electron chi connectivity index (χ3n) is 4.09. The molecule has 0 saturated carbocycles. The summed E-state index contributed by atoms with van der Waals surface area (Å²) < 4.78 is 5.78. The summed E-state index contributed by atoms with van der Waals surface area (Å²) in [5, 5.41) is 4.18. The molecule has 2 atom stereocenters. The number of hydrogen-bond acceptors (Lipinski definition) is 2. The van der Waals surface area contributed by atoms with Crippen LogP contribution in [0.5, 0.6) is 5.75 Å². The zero-order valence-corrected chi connectivity index (χ0v) is 13.4. The van der Waals surface area contributed by atoms with Crippen molar-refractivity contribution in [3.8, 4) is 5.75 Å². The van der Waals surface area contributed by atoms with Gasteiger partial charge in [-0.15, -0.1) is 0 Å². The van der Waals surface area contributed by atoms with E-state index in [2.05, 4.69) is 43.4 Å². The van der Waals surface area contributed by atoms with Crippen LogP contribution in [-0.2, 0) is 6.42 Å². The minimum atomic E-state index is 0.143. The maximum atomic E-state index is 6.17. The Bertz CT molecular complexity index is 668. The zero-order chi connectivity index (χ0) is 15.0. The first kappa shape index (κ1) is 14.4. The summed E-state index contributed by atoms with van der Waals surface area (Å²) in [7, 11) is 1.98. The molecule has 0 spiro atoms. The van der Waals surface area contributed by atoms with Gasteiger partial charge in [0.25, 0.3) is 0 Å². The second-order valence-electron chi connectivity index (χ2n) is 5.72. The first-order valence-corrected chi connectivity index (χ1v) is 7.69. The SMILES string of the molecule is CNC(c1ccc2c(c1)CC(C)O2)c1cc(Cl)ccc1C. The highest BCUT2D eigenvalue weighted by Crippen LogP contribution is 2.34. The summed E-state index contributed by atoms with van der Waals surface area (Å²) in [5.41, 5.74) is 5.00. The third-order valence-corrected chi connectivity index (χ3v) is 4.33. The Hall–Kier alpha value is -1.51. The van der Waals surface area contributed by atoms with Gasteiger partial charge >= 0.3 is 0 Å². The molecule has 0 amide bonds. The van der Waals surface area contributed by atoms with Crippen molar-refractivity contribution < 1.29 is 4.74 Å². The first-order chi connectivity index (χ1) is 10.1. The maximum Gasteiger partial charge on any atom is 0.123 e. The number of nitrogens with one attached hydrogen (secondary N) is 1. The van der Waals surface area contributed by atoms with Crippen LogP contribution in [0.1, 0.15) is 35.2 Å². The molecule has 2 nitrogen and oxygen atoms in total.